The lowest BCUT2D eigenvalue weighted by Gasteiger charge is -2.20. The number of anilines is 1. The van der Waals surface area contributed by atoms with Crippen molar-refractivity contribution in [1.82, 2.24) is 10.3 Å². The molecule has 0 amide bonds. The molecular formula is C15H25N3. The highest BCUT2D eigenvalue weighted by atomic mass is 15.2. The number of pyridine rings is 1. The maximum absolute atomic E-state index is 4.78. The number of hydrogen-bond donors (Lipinski definition) is 1. The van der Waals surface area contributed by atoms with E-state index in [0.29, 0.717) is 0 Å². The molecular weight excluding hydrogens is 222 g/mol. The highest BCUT2D eigenvalue weighted by Crippen LogP contribution is 2.30. The normalized spacial score (nSPS) is 14.8. The molecule has 1 aliphatic carbocycles. The first-order valence-electron chi connectivity index (χ1n) is 7.08. The van der Waals surface area contributed by atoms with E-state index in [1.165, 1.54) is 24.1 Å². The fourth-order valence-electron chi connectivity index (χ4n) is 2.30. The van der Waals surface area contributed by atoms with Crippen LogP contribution in [-0.2, 0) is 13.0 Å². The minimum Gasteiger partial charge on any atom is -0.359 e. The van der Waals surface area contributed by atoms with E-state index in [1.54, 1.807) is 0 Å². The van der Waals surface area contributed by atoms with Crippen LogP contribution in [0.1, 0.15) is 37.4 Å². The van der Waals surface area contributed by atoms with E-state index in [-0.39, 0.29) is 0 Å². The molecule has 0 radical (unpaired) electrons. The topological polar surface area (TPSA) is 28.2 Å². The Balaban J connectivity index is 2.14. The Bertz CT molecular complexity index is 361. The average molecular weight is 247 g/mol. The molecule has 1 heterocycles. The van der Waals surface area contributed by atoms with Crippen molar-refractivity contribution in [3.63, 3.8) is 0 Å². The largest absolute Gasteiger partial charge is 0.359 e. The van der Waals surface area contributed by atoms with Crippen molar-refractivity contribution in [2.24, 2.45) is 5.92 Å². The van der Waals surface area contributed by atoms with Crippen LogP contribution in [0.2, 0.25) is 0 Å². The van der Waals surface area contributed by atoms with Gasteiger partial charge in [-0.1, -0.05) is 13.3 Å². The zero-order chi connectivity index (χ0) is 13.0. The van der Waals surface area contributed by atoms with E-state index >= 15 is 0 Å². The van der Waals surface area contributed by atoms with Gasteiger partial charge in [-0.25, -0.2) is 4.98 Å². The van der Waals surface area contributed by atoms with E-state index < -0.39 is 0 Å². The van der Waals surface area contributed by atoms with Crippen molar-refractivity contribution in [2.45, 2.75) is 39.2 Å². The van der Waals surface area contributed by atoms with Crippen molar-refractivity contribution < 1.29 is 0 Å². The minimum absolute atomic E-state index is 0.902. The third kappa shape index (κ3) is 3.70. The number of nitrogens with zero attached hydrogens (tertiary/aromatic N) is 2. The lowest BCUT2D eigenvalue weighted by atomic mass is 10.1. The van der Waals surface area contributed by atoms with Gasteiger partial charge in [0.05, 0.1) is 0 Å². The van der Waals surface area contributed by atoms with Gasteiger partial charge in [0.1, 0.15) is 5.82 Å². The molecule has 0 bridgehead atoms. The molecule has 1 fully saturated rings. The number of hydrogen-bond acceptors (Lipinski definition) is 3. The Hall–Kier alpha value is -1.09. The summed E-state index contributed by atoms with van der Waals surface area (Å²) < 4.78 is 0. The second-order valence-electron chi connectivity index (χ2n) is 5.43. The molecule has 0 atom stereocenters. The van der Waals surface area contributed by atoms with Crippen LogP contribution in [0, 0.1) is 5.92 Å². The van der Waals surface area contributed by atoms with Crippen LogP contribution in [0.5, 0.6) is 0 Å². The van der Waals surface area contributed by atoms with Crippen molar-refractivity contribution in [3.05, 3.63) is 23.4 Å². The lowest BCUT2D eigenvalue weighted by molar-refractivity contribution is 0.762. The van der Waals surface area contributed by atoms with Gasteiger partial charge in [-0.3, -0.25) is 0 Å². The summed E-state index contributed by atoms with van der Waals surface area (Å²) in [5, 5.41) is 3.23. The molecule has 1 aromatic heterocycles. The maximum Gasteiger partial charge on any atom is 0.128 e. The molecule has 0 spiro atoms. The quantitative estimate of drug-likeness (QED) is 0.803. The Labute approximate surface area is 111 Å². The summed E-state index contributed by atoms with van der Waals surface area (Å²) in [5.41, 5.74) is 2.57. The molecule has 1 N–H and O–H groups in total. The van der Waals surface area contributed by atoms with E-state index in [1.807, 2.05) is 7.05 Å². The van der Waals surface area contributed by atoms with E-state index in [2.05, 4.69) is 36.3 Å². The van der Waals surface area contributed by atoms with Crippen LogP contribution in [0.3, 0.4) is 0 Å². The summed E-state index contributed by atoms with van der Waals surface area (Å²) in [6.45, 7) is 4.28. The smallest absolute Gasteiger partial charge is 0.128 e. The first kappa shape index (κ1) is 13.3. The number of nitrogens with one attached hydrogen (secondary N) is 1. The molecule has 3 heteroatoms. The van der Waals surface area contributed by atoms with Gasteiger partial charge in [0.15, 0.2) is 0 Å². The Kier molecular flexibility index (Phi) is 4.59. The molecule has 1 saturated carbocycles. The van der Waals surface area contributed by atoms with Crippen LogP contribution < -0.4 is 10.2 Å². The predicted molar refractivity (Wildman–Crippen MR) is 77.0 cm³/mol. The third-order valence-corrected chi connectivity index (χ3v) is 3.43. The molecule has 2 rings (SSSR count). The molecule has 0 aromatic carbocycles. The van der Waals surface area contributed by atoms with Crippen molar-refractivity contribution in [1.29, 1.82) is 0 Å². The first-order valence-corrected chi connectivity index (χ1v) is 7.08. The predicted octanol–water partition coefficient (Wildman–Crippen LogP) is 2.60. The zero-order valence-corrected chi connectivity index (χ0v) is 11.9. The summed E-state index contributed by atoms with van der Waals surface area (Å²) in [4.78, 5) is 7.10. The summed E-state index contributed by atoms with van der Waals surface area (Å²) in [6.07, 6.45) is 5.01. The standard InChI is InChI=1S/C15H25N3/c1-4-5-14-8-13(10-16-2)9-15(17-14)18(3)11-12-6-7-12/h8-9,12,16H,4-7,10-11H2,1-3H3. The molecule has 0 unspecified atom stereocenters. The Morgan fingerprint density at radius 2 is 2.17 bits per heavy atom. The second-order valence-corrected chi connectivity index (χ2v) is 5.43. The minimum atomic E-state index is 0.902. The van der Waals surface area contributed by atoms with Gasteiger partial charge >= 0.3 is 0 Å². The van der Waals surface area contributed by atoms with E-state index in [9.17, 15) is 0 Å². The van der Waals surface area contributed by atoms with Crippen molar-refractivity contribution >= 4 is 5.82 Å². The maximum atomic E-state index is 4.78. The summed E-state index contributed by atoms with van der Waals surface area (Å²) >= 11 is 0. The summed E-state index contributed by atoms with van der Waals surface area (Å²) in [7, 11) is 4.16. The average Bonchev–Trinajstić information content (AvgIpc) is 3.13. The summed E-state index contributed by atoms with van der Waals surface area (Å²) in [5.74, 6) is 2.04. The molecule has 0 aliphatic heterocycles. The molecule has 1 aromatic rings. The zero-order valence-electron chi connectivity index (χ0n) is 11.9. The summed E-state index contributed by atoms with van der Waals surface area (Å²) in [6, 6.07) is 4.45. The number of aromatic nitrogens is 1. The highest BCUT2D eigenvalue weighted by molar-refractivity contribution is 5.42. The van der Waals surface area contributed by atoms with Gasteiger partial charge in [0.25, 0.3) is 0 Å². The molecule has 100 valence electrons. The van der Waals surface area contributed by atoms with Gasteiger partial charge in [-0.05, 0) is 49.9 Å². The first-order chi connectivity index (χ1) is 8.72. The number of aryl methyl sites for hydroxylation is 1. The molecule has 0 saturated heterocycles. The fraction of sp³-hybridized carbons (Fsp3) is 0.667. The van der Waals surface area contributed by atoms with E-state index in [0.717, 1.165) is 37.7 Å². The highest BCUT2D eigenvalue weighted by Gasteiger charge is 2.23. The second kappa shape index (κ2) is 6.19. The van der Waals surface area contributed by atoms with Crippen molar-refractivity contribution in [2.75, 3.05) is 25.5 Å². The van der Waals surface area contributed by atoms with Gasteiger partial charge in [0, 0.05) is 25.8 Å². The van der Waals surface area contributed by atoms with Crippen LogP contribution in [0.15, 0.2) is 12.1 Å². The van der Waals surface area contributed by atoms with Gasteiger partial charge in [-0.15, -0.1) is 0 Å². The van der Waals surface area contributed by atoms with Crippen LogP contribution in [0.4, 0.5) is 5.82 Å². The fourth-order valence-corrected chi connectivity index (χ4v) is 2.30. The van der Waals surface area contributed by atoms with Gasteiger partial charge in [-0.2, -0.15) is 0 Å². The van der Waals surface area contributed by atoms with Crippen LogP contribution >= 0.6 is 0 Å². The van der Waals surface area contributed by atoms with Crippen molar-refractivity contribution in [3.8, 4) is 0 Å². The SMILES string of the molecule is CCCc1cc(CNC)cc(N(C)CC2CC2)n1. The van der Waals surface area contributed by atoms with Gasteiger partial charge < -0.3 is 10.2 Å². The van der Waals surface area contributed by atoms with Crippen LogP contribution in [0.25, 0.3) is 0 Å². The molecule has 3 nitrogen and oxygen atoms in total. The monoisotopic (exact) mass is 247 g/mol. The van der Waals surface area contributed by atoms with Crippen LogP contribution in [-0.4, -0.2) is 25.6 Å². The Morgan fingerprint density at radius 1 is 1.39 bits per heavy atom. The molecule has 1 aliphatic rings. The lowest BCUT2D eigenvalue weighted by Crippen LogP contribution is -2.22. The van der Waals surface area contributed by atoms with Gasteiger partial charge in [0.2, 0.25) is 0 Å². The number of rotatable bonds is 7. The third-order valence-electron chi connectivity index (χ3n) is 3.43. The molecule has 18 heavy (non-hydrogen) atoms. The Morgan fingerprint density at radius 3 is 2.78 bits per heavy atom. The van der Waals surface area contributed by atoms with E-state index in [4.69, 9.17) is 4.98 Å².